The molecule has 19 heteroatoms. The highest BCUT2D eigenvalue weighted by molar-refractivity contribution is 5.22. The molecule has 19 atom stereocenters. The van der Waals surface area contributed by atoms with E-state index in [0.717, 1.165) is 0 Å². The molecule has 19 nitrogen and oxygen atoms in total. The largest absolute Gasteiger partial charge is 0.392 e. The van der Waals surface area contributed by atoms with E-state index in [-0.39, 0.29) is 5.57 Å². The molecule has 3 saturated heterocycles. The fourth-order valence-corrected chi connectivity index (χ4v) is 5.65. The number of hydrogen-bond acceptors (Lipinski definition) is 19. The lowest BCUT2D eigenvalue weighted by Gasteiger charge is -2.48. The van der Waals surface area contributed by atoms with Crippen molar-refractivity contribution < 1.29 is 89.3 Å². The molecule has 3 fully saturated rings. The summed E-state index contributed by atoms with van der Waals surface area (Å²) in [4.78, 5) is 0. The summed E-state index contributed by atoms with van der Waals surface area (Å²) in [6.07, 6.45) is -26.0. The maximum absolute atomic E-state index is 10.9. The molecule has 12 N–H and O–H groups in total. The van der Waals surface area contributed by atoms with E-state index in [1.165, 1.54) is 27.2 Å². The first-order valence-corrected chi connectivity index (χ1v) is 14.0. The highest BCUT2D eigenvalue weighted by Gasteiger charge is 2.54. The Kier molecular flexibility index (Phi) is 12.1. The molecule has 3 aliphatic heterocycles. The van der Waals surface area contributed by atoms with Crippen LogP contribution >= 0.6 is 0 Å². The first-order valence-electron chi connectivity index (χ1n) is 14.0. The van der Waals surface area contributed by atoms with Crippen LogP contribution in [0.2, 0.25) is 0 Å². The van der Waals surface area contributed by atoms with Gasteiger partial charge in [0.2, 0.25) is 0 Å². The summed E-state index contributed by atoms with van der Waals surface area (Å²) in [7, 11) is 2.34. The van der Waals surface area contributed by atoms with Gasteiger partial charge in [-0.25, -0.2) is 0 Å². The van der Waals surface area contributed by atoms with Crippen LogP contribution in [0.5, 0.6) is 0 Å². The van der Waals surface area contributed by atoms with E-state index in [1.807, 2.05) is 0 Å². The second-order valence-electron chi connectivity index (χ2n) is 11.1. The number of ether oxygens (including phenoxy) is 7. The van der Waals surface area contributed by atoms with Crippen LogP contribution in [-0.4, -0.2) is 194 Å². The lowest BCUT2D eigenvalue weighted by atomic mass is 9.86. The fourth-order valence-electron chi connectivity index (χ4n) is 5.65. The van der Waals surface area contributed by atoms with Gasteiger partial charge in [-0.05, 0) is 12.5 Å². The smallest absolute Gasteiger partial charge is 0.189 e. The number of nitrogens with one attached hydrogen (secondary N) is 1. The Morgan fingerprint density at radius 1 is 0.636 bits per heavy atom. The molecule has 1 aliphatic carbocycles. The van der Waals surface area contributed by atoms with Gasteiger partial charge in [-0.15, -0.1) is 0 Å². The monoisotopic (exact) mass is 645 g/mol. The molecule has 16 unspecified atom stereocenters. The van der Waals surface area contributed by atoms with Crippen molar-refractivity contribution in [1.29, 1.82) is 0 Å². The Bertz CT molecular complexity index is 958. The molecule has 3 heterocycles. The van der Waals surface area contributed by atoms with Crippen LogP contribution in [0.3, 0.4) is 0 Å². The molecule has 4 rings (SSSR count). The zero-order valence-corrected chi connectivity index (χ0v) is 24.0. The van der Waals surface area contributed by atoms with Crippen LogP contribution in [0, 0.1) is 0 Å². The minimum absolute atomic E-state index is 0.0377. The van der Waals surface area contributed by atoms with Crippen LogP contribution in [0.25, 0.3) is 0 Å². The molecule has 0 saturated carbocycles. The molecule has 0 aromatic rings. The van der Waals surface area contributed by atoms with Crippen molar-refractivity contribution in [2.24, 2.45) is 0 Å². The summed E-state index contributed by atoms with van der Waals surface area (Å²) in [6.45, 7) is 0.897. The van der Waals surface area contributed by atoms with Gasteiger partial charge in [0.05, 0.1) is 24.8 Å². The molecule has 0 bridgehead atoms. The SMILES string of the molecule is COC1OC(O)C(O)C(O)C1OC1OC(OC)C(OC2OC(C)C(NC3C=C(CO)[C@@H](O)[C@H](O)[C@H]3O)C(O)C2O)C(O)C1O. The molecule has 0 aromatic heterocycles. The maximum atomic E-state index is 10.9. The third-order valence-corrected chi connectivity index (χ3v) is 8.30. The zero-order chi connectivity index (χ0) is 32.6. The van der Waals surface area contributed by atoms with Gasteiger partial charge in [0.1, 0.15) is 67.1 Å². The second-order valence-corrected chi connectivity index (χ2v) is 11.1. The normalized spacial score (nSPS) is 52.0. The molecular formula is C25H43NO18. The number of hydrogen-bond donors (Lipinski definition) is 12. The van der Waals surface area contributed by atoms with Gasteiger partial charge in [0.25, 0.3) is 0 Å². The van der Waals surface area contributed by atoms with Gasteiger partial charge in [-0.2, -0.15) is 0 Å². The molecular weight excluding hydrogens is 602 g/mol. The van der Waals surface area contributed by atoms with Gasteiger partial charge in [-0.1, -0.05) is 6.08 Å². The van der Waals surface area contributed by atoms with Crippen LogP contribution in [-0.2, 0) is 33.2 Å². The Morgan fingerprint density at radius 2 is 1.16 bits per heavy atom. The van der Waals surface area contributed by atoms with Crippen molar-refractivity contribution in [1.82, 2.24) is 5.32 Å². The fraction of sp³-hybridized carbons (Fsp3) is 0.920. The predicted molar refractivity (Wildman–Crippen MR) is 138 cm³/mol. The van der Waals surface area contributed by atoms with Gasteiger partial charge >= 0.3 is 0 Å². The number of rotatable bonds is 9. The van der Waals surface area contributed by atoms with Crippen molar-refractivity contribution in [2.75, 3.05) is 20.8 Å². The van der Waals surface area contributed by atoms with Crippen LogP contribution in [0.15, 0.2) is 11.6 Å². The topological polar surface area (TPSA) is 299 Å². The highest BCUT2D eigenvalue weighted by Crippen LogP contribution is 2.33. The van der Waals surface area contributed by atoms with Gasteiger partial charge < -0.3 is 94.6 Å². The molecule has 44 heavy (non-hydrogen) atoms. The highest BCUT2D eigenvalue weighted by atomic mass is 16.8. The van der Waals surface area contributed by atoms with E-state index in [0.29, 0.717) is 0 Å². The van der Waals surface area contributed by atoms with Crippen LogP contribution < -0.4 is 5.32 Å². The van der Waals surface area contributed by atoms with Crippen LogP contribution in [0.4, 0.5) is 0 Å². The number of aliphatic hydroxyl groups excluding tert-OH is 11. The van der Waals surface area contributed by atoms with E-state index in [1.54, 1.807) is 0 Å². The molecule has 0 radical (unpaired) electrons. The Labute approximate surface area is 251 Å². The van der Waals surface area contributed by atoms with Crippen molar-refractivity contribution in [3.63, 3.8) is 0 Å². The third-order valence-electron chi connectivity index (χ3n) is 8.30. The first-order chi connectivity index (χ1) is 20.7. The standard InChI is InChI=1S/C25H43NO18/c1-6-9(26-8-4-7(5-27)10(28)13(31)11(8)29)12(30)17(35)22(40-6)41-20-15(33)18(36)23(44-25(20)39-3)42-19-14(32)16(34)21(37)43-24(19)38-2/h4,6,8-37H,5H2,1-3H3/t6?,8?,9?,10-,11+,12?,13+,14?,15?,16?,17?,18?,19?,20?,21?,22?,23?,24?,25?/m1/s1. The lowest BCUT2D eigenvalue weighted by molar-refractivity contribution is -0.410. The summed E-state index contributed by atoms with van der Waals surface area (Å²) >= 11 is 0. The summed E-state index contributed by atoms with van der Waals surface area (Å²) in [5, 5.41) is 116. The molecule has 0 amide bonds. The number of aliphatic hydroxyl groups is 11. The van der Waals surface area contributed by atoms with E-state index in [2.05, 4.69) is 5.32 Å². The molecule has 256 valence electrons. The second kappa shape index (κ2) is 14.8. The lowest BCUT2D eigenvalue weighted by Crippen LogP contribution is -2.68. The first kappa shape index (κ1) is 35.8. The Morgan fingerprint density at radius 3 is 1.73 bits per heavy atom. The van der Waals surface area contributed by atoms with Gasteiger partial charge in [-0.3, -0.25) is 0 Å². The predicted octanol–water partition coefficient (Wildman–Crippen LogP) is -7.34. The summed E-state index contributed by atoms with van der Waals surface area (Å²) in [5.74, 6) is 0. The average Bonchev–Trinajstić information content (AvgIpc) is 3.00. The maximum Gasteiger partial charge on any atom is 0.189 e. The molecule has 4 aliphatic rings. The average molecular weight is 646 g/mol. The minimum Gasteiger partial charge on any atom is -0.392 e. The summed E-state index contributed by atoms with van der Waals surface area (Å²) in [6, 6.07) is -2.12. The Hall–Kier alpha value is -1.02. The molecule has 0 spiro atoms. The minimum atomic E-state index is -1.88. The Balaban J connectivity index is 1.42. The van der Waals surface area contributed by atoms with E-state index >= 15 is 0 Å². The number of methoxy groups -OCH3 is 2. The summed E-state index contributed by atoms with van der Waals surface area (Å²) in [5.41, 5.74) is 0.0377. The van der Waals surface area contributed by atoms with Crippen molar-refractivity contribution in [2.45, 2.75) is 124 Å². The third kappa shape index (κ3) is 6.96. The van der Waals surface area contributed by atoms with E-state index in [4.69, 9.17) is 33.2 Å². The zero-order valence-electron chi connectivity index (χ0n) is 24.0. The van der Waals surface area contributed by atoms with Gasteiger partial charge in [0.15, 0.2) is 31.5 Å². The summed E-state index contributed by atoms with van der Waals surface area (Å²) < 4.78 is 37.9. The quantitative estimate of drug-likeness (QED) is 0.104. The van der Waals surface area contributed by atoms with Crippen molar-refractivity contribution in [3.05, 3.63) is 11.6 Å². The van der Waals surface area contributed by atoms with Crippen LogP contribution in [0.1, 0.15) is 6.92 Å². The van der Waals surface area contributed by atoms with Gasteiger partial charge in [0, 0.05) is 14.2 Å². The molecule has 0 aromatic carbocycles. The van der Waals surface area contributed by atoms with Crippen molar-refractivity contribution in [3.8, 4) is 0 Å². The van der Waals surface area contributed by atoms with E-state index in [9.17, 15) is 56.2 Å². The van der Waals surface area contributed by atoms with E-state index < -0.39 is 123 Å². The van der Waals surface area contributed by atoms with Crippen molar-refractivity contribution >= 4 is 0 Å².